The van der Waals surface area contributed by atoms with Crippen molar-refractivity contribution in [1.29, 1.82) is 0 Å². The smallest absolute Gasteiger partial charge is 0.328 e. The van der Waals surface area contributed by atoms with Crippen molar-refractivity contribution in [1.82, 2.24) is 15.3 Å². The maximum Gasteiger partial charge on any atom is 0.328 e. The van der Waals surface area contributed by atoms with Crippen molar-refractivity contribution < 1.29 is 19.1 Å². The zero-order chi connectivity index (χ0) is 13.7. The first-order valence-corrected chi connectivity index (χ1v) is 6.17. The van der Waals surface area contributed by atoms with Gasteiger partial charge in [0.15, 0.2) is 0 Å². The van der Waals surface area contributed by atoms with Crippen LogP contribution in [0.2, 0.25) is 0 Å². The molecule has 0 aromatic carbocycles. The van der Waals surface area contributed by atoms with Crippen molar-refractivity contribution >= 4 is 11.9 Å². The maximum atomic E-state index is 11.9. The van der Waals surface area contributed by atoms with Crippen LogP contribution in [0.3, 0.4) is 0 Å². The minimum Gasteiger partial charge on any atom is -0.467 e. The number of hydrogen-bond acceptors (Lipinski definition) is 5. The highest BCUT2D eigenvalue weighted by Gasteiger charge is 2.29. The first-order chi connectivity index (χ1) is 9.20. The number of hydrogen-bond donors (Lipinski definition) is 2. The zero-order valence-corrected chi connectivity index (χ0v) is 10.7. The number of carbonyl (C=O) groups excluding carboxylic acids is 2. The molecule has 1 aliphatic rings. The fourth-order valence-corrected chi connectivity index (χ4v) is 2.00. The second kappa shape index (κ2) is 6.33. The molecule has 1 saturated heterocycles. The SMILES string of the molecule is COC(=O)[C@H](Cc1cnc[nH]1)NC(=O)[C@H]1CCCO1. The molecule has 0 bridgehead atoms. The minimum absolute atomic E-state index is 0.271. The number of aromatic nitrogens is 2. The Kier molecular flexibility index (Phi) is 4.51. The number of methoxy groups -OCH3 is 1. The quantitative estimate of drug-likeness (QED) is 0.720. The number of esters is 1. The molecule has 0 spiro atoms. The number of ether oxygens (including phenoxy) is 2. The van der Waals surface area contributed by atoms with E-state index in [1.54, 1.807) is 6.20 Å². The Morgan fingerprint density at radius 1 is 1.68 bits per heavy atom. The van der Waals surface area contributed by atoms with E-state index >= 15 is 0 Å². The van der Waals surface area contributed by atoms with Crippen molar-refractivity contribution in [3.05, 3.63) is 18.2 Å². The standard InChI is InChI=1S/C12H17N3O4/c1-18-12(17)9(5-8-6-13-7-14-8)15-11(16)10-3-2-4-19-10/h6-7,9-10H,2-5H2,1H3,(H,13,14)(H,15,16)/t9-,10+/m0/s1. The molecule has 1 fully saturated rings. The fourth-order valence-electron chi connectivity index (χ4n) is 2.00. The lowest BCUT2D eigenvalue weighted by Gasteiger charge is -2.18. The Balaban J connectivity index is 1.97. The van der Waals surface area contributed by atoms with Crippen molar-refractivity contribution in [2.24, 2.45) is 0 Å². The van der Waals surface area contributed by atoms with Crippen LogP contribution in [-0.2, 0) is 25.5 Å². The third kappa shape index (κ3) is 3.54. The van der Waals surface area contributed by atoms with Gasteiger partial charge in [-0.25, -0.2) is 9.78 Å². The van der Waals surface area contributed by atoms with Crippen molar-refractivity contribution in [3.8, 4) is 0 Å². The summed E-state index contributed by atoms with van der Waals surface area (Å²) in [5.41, 5.74) is 0.753. The molecule has 2 heterocycles. The normalized spacial score (nSPS) is 19.9. The summed E-state index contributed by atoms with van der Waals surface area (Å²) in [6.07, 6.45) is 4.52. The lowest BCUT2D eigenvalue weighted by Crippen LogP contribution is -2.47. The van der Waals surface area contributed by atoms with E-state index in [0.717, 1.165) is 12.1 Å². The van der Waals surface area contributed by atoms with E-state index in [-0.39, 0.29) is 5.91 Å². The summed E-state index contributed by atoms with van der Waals surface area (Å²) < 4.78 is 9.98. The molecule has 1 amide bonds. The molecule has 19 heavy (non-hydrogen) atoms. The second-order valence-electron chi connectivity index (χ2n) is 4.37. The highest BCUT2D eigenvalue weighted by Crippen LogP contribution is 2.12. The summed E-state index contributed by atoms with van der Waals surface area (Å²) >= 11 is 0. The van der Waals surface area contributed by atoms with Crippen LogP contribution in [0.25, 0.3) is 0 Å². The Bertz CT molecular complexity index is 426. The second-order valence-corrected chi connectivity index (χ2v) is 4.37. The van der Waals surface area contributed by atoms with Crippen molar-refractivity contribution in [2.75, 3.05) is 13.7 Å². The Morgan fingerprint density at radius 2 is 2.53 bits per heavy atom. The van der Waals surface area contributed by atoms with Gasteiger partial charge in [0.25, 0.3) is 0 Å². The maximum absolute atomic E-state index is 11.9. The van der Waals surface area contributed by atoms with E-state index < -0.39 is 18.1 Å². The van der Waals surface area contributed by atoms with Crippen LogP contribution >= 0.6 is 0 Å². The van der Waals surface area contributed by atoms with E-state index in [1.807, 2.05) is 0 Å². The number of nitrogens with one attached hydrogen (secondary N) is 2. The van der Waals surface area contributed by atoms with Gasteiger partial charge in [0, 0.05) is 24.9 Å². The van der Waals surface area contributed by atoms with Gasteiger partial charge in [-0.15, -0.1) is 0 Å². The van der Waals surface area contributed by atoms with E-state index in [9.17, 15) is 9.59 Å². The number of carbonyl (C=O) groups is 2. The molecule has 2 atom stereocenters. The van der Waals surface area contributed by atoms with Crippen LogP contribution in [0.5, 0.6) is 0 Å². The van der Waals surface area contributed by atoms with E-state index in [2.05, 4.69) is 15.3 Å². The Labute approximate surface area is 110 Å². The highest BCUT2D eigenvalue weighted by atomic mass is 16.5. The van der Waals surface area contributed by atoms with Gasteiger partial charge in [-0.1, -0.05) is 0 Å². The van der Waals surface area contributed by atoms with Crippen LogP contribution in [-0.4, -0.2) is 47.7 Å². The predicted molar refractivity (Wildman–Crippen MR) is 65.2 cm³/mol. The average molecular weight is 267 g/mol. The molecule has 7 heteroatoms. The van der Waals surface area contributed by atoms with E-state index in [4.69, 9.17) is 9.47 Å². The summed E-state index contributed by atoms with van der Waals surface area (Å²) in [7, 11) is 1.29. The van der Waals surface area contributed by atoms with Gasteiger partial charge in [-0.3, -0.25) is 4.79 Å². The molecular formula is C12H17N3O4. The number of nitrogens with zero attached hydrogens (tertiary/aromatic N) is 1. The van der Waals surface area contributed by atoms with Crippen LogP contribution in [0, 0.1) is 0 Å². The van der Waals surface area contributed by atoms with Gasteiger partial charge in [-0.05, 0) is 12.8 Å². The Hall–Kier alpha value is -1.89. The Morgan fingerprint density at radius 3 is 3.11 bits per heavy atom. The number of H-pyrrole nitrogens is 1. The van der Waals surface area contributed by atoms with Crippen LogP contribution in [0.15, 0.2) is 12.5 Å². The third-order valence-corrected chi connectivity index (χ3v) is 3.00. The van der Waals surface area contributed by atoms with E-state index in [1.165, 1.54) is 13.4 Å². The third-order valence-electron chi connectivity index (χ3n) is 3.00. The largest absolute Gasteiger partial charge is 0.467 e. The molecular weight excluding hydrogens is 250 g/mol. The molecule has 1 aromatic heterocycles. The molecule has 0 aliphatic carbocycles. The monoisotopic (exact) mass is 267 g/mol. The summed E-state index contributed by atoms with van der Waals surface area (Å²) in [4.78, 5) is 30.4. The first-order valence-electron chi connectivity index (χ1n) is 6.17. The van der Waals surface area contributed by atoms with Crippen LogP contribution < -0.4 is 5.32 Å². The molecule has 0 saturated carbocycles. The fraction of sp³-hybridized carbons (Fsp3) is 0.583. The van der Waals surface area contributed by atoms with Gasteiger partial charge < -0.3 is 19.8 Å². The number of aromatic amines is 1. The van der Waals surface area contributed by atoms with Gasteiger partial charge in [0.05, 0.1) is 13.4 Å². The van der Waals surface area contributed by atoms with Gasteiger partial charge in [-0.2, -0.15) is 0 Å². The first kappa shape index (κ1) is 13.5. The van der Waals surface area contributed by atoms with E-state index in [0.29, 0.717) is 19.4 Å². The molecule has 2 N–H and O–H groups in total. The highest BCUT2D eigenvalue weighted by molar-refractivity contribution is 5.87. The molecule has 7 nitrogen and oxygen atoms in total. The number of amides is 1. The summed E-state index contributed by atoms with van der Waals surface area (Å²) in [5, 5.41) is 2.66. The number of rotatable bonds is 5. The van der Waals surface area contributed by atoms with Crippen molar-refractivity contribution in [3.63, 3.8) is 0 Å². The average Bonchev–Trinajstić information content (AvgIpc) is 3.09. The molecule has 104 valence electrons. The summed E-state index contributed by atoms with van der Waals surface area (Å²) in [6, 6.07) is -0.734. The van der Waals surface area contributed by atoms with Crippen LogP contribution in [0.4, 0.5) is 0 Å². The van der Waals surface area contributed by atoms with Crippen molar-refractivity contribution in [2.45, 2.75) is 31.4 Å². The summed E-state index contributed by atoms with van der Waals surface area (Å²) in [5.74, 6) is -0.756. The van der Waals surface area contributed by atoms with Gasteiger partial charge in [0.2, 0.25) is 5.91 Å². The topological polar surface area (TPSA) is 93.3 Å². The minimum atomic E-state index is -0.734. The van der Waals surface area contributed by atoms with Gasteiger partial charge in [0.1, 0.15) is 12.1 Å². The predicted octanol–water partition coefficient (Wildman–Crippen LogP) is -0.211. The van der Waals surface area contributed by atoms with Crippen LogP contribution in [0.1, 0.15) is 18.5 Å². The molecule has 0 unspecified atom stereocenters. The summed E-state index contributed by atoms with van der Waals surface area (Å²) in [6.45, 7) is 0.585. The molecule has 2 rings (SSSR count). The lowest BCUT2D eigenvalue weighted by atomic mass is 10.1. The zero-order valence-electron chi connectivity index (χ0n) is 10.7. The molecule has 1 aliphatic heterocycles. The molecule has 1 aromatic rings. The molecule has 0 radical (unpaired) electrons. The van der Waals surface area contributed by atoms with Gasteiger partial charge >= 0.3 is 5.97 Å². The lowest BCUT2D eigenvalue weighted by molar-refractivity contribution is -0.146. The number of imidazole rings is 1.